The van der Waals surface area contributed by atoms with Crippen LogP contribution in [0.15, 0.2) is 29.3 Å². The van der Waals surface area contributed by atoms with Gasteiger partial charge < -0.3 is 20.7 Å². The Morgan fingerprint density at radius 3 is 2.83 bits per heavy atom. The SMILES string of the molecule is Cc1cccc(NC2=Nc3c(nc(N)nc3N3CCOCC3)C2)c1. The van der Waals surface area contributed by atoms with E-state index in [2.05, 4.69) is 39.2 Å². The van der Waals surface area contributed by atoms with Crippen LogP contribution in [0, 0.1) is 6.92 Å². The molecule has 1 saturated heterocycles. The summed E-state index contributed by atoms with van der Waals surface area (Å²) < 4.78 is 5.42. The van der Waals surface area contributed by atoms with E-state index in [1.807, 2.05) is 12.1 Å². The van der Waals surface area contributed by atoms with E-state index in [1.54, 1.807) is 0 Å². The molecule has 1 aromatic heterocycles. The van der Waals surface area contributed by atoms with Gasteiger partial charge >= 0.3 is 0 Å². The molecule has 4 rings (SSSR count). The van der Waals surface area contributed by atoms with Gasteiger partial charge in [0.25, 0.3) is 0 Å². The predicted molar refractivity (Wildman–Crippen MR) is 95.1 cm³/mol. The minimum absolute atomic E-state index is 0.294. The Morgan fingerprint density at radius 1 is 1.21 bits per heavy atom. The third-order valence-electron chi connectivity index (χ3n) is 4.15. The van der Waals surface area contributed by atoms with Crippen LogP contribution in [0.1, 0.15) is 11.3 Å². The molecule has 24 heavy (non-hydrogen) atoms. The Hall–Kier alpha value is -2.67. The first kappa shape index (κ1) is 14.9. The number of benzene rings is 1. The summed E-state index contributed by atoms with van der Waals surface area (Å²) >= 11 is 0. The average molecular weight is 324 g/mol. The van der Waals surface area contributed by atoms with E-state index in [0.29, 0.717) is 25.6 Å². The van der Waals surface area contributed by atoms with Gasteiger partial charge in [0.2, 0.25) is 5.95 Å². The first-order valence-electron chi connectivity index (χ1n) is 8.09. The minimum Gasteiger partial charge on any atom is -0.378 e. The molecule has 0 spiro atoms. The van der Waals surface area contributed by atoms with Gasteiger partial charge in [-0.2, -0.15) is 4.98 Å². The van der Waals surface area contributed by atoms with Gasteiger partial charge in [-0.3, -0.25) is 0 Å². The molecule has 3 N–H and O–H groups in total. The quantitative estimate of drug-likeness (QED) is 0.877. The Kier molecular flexibility index (Phi) is 3.78. The number of hydrogen-bond acceptors (Lipinski definition) is 7. The van der Waals surface area contributed by atoms with Crippen LogP contribution in [0.25, 0.3) is 0 Å². The van der Waals surface area contributed by atoms with Crippen LogP contribution < -0.4 is 16.0 Å². The Labute approximate surface area is 140 Å². The van der Waals surface area contributed by atoms with Gasteiger partial charge in [-0.05, 0) is 24.6 Å². The summed E-state index contributed by atoms with van der Waals surface area (Å²) in [7, 11) is 0. The molecule has 2 aliphatic rings. The van der Waals surface area contributed by atoms with Gasteiger partial charge in [0.15, 0.2) is 5.82 Å². The monoisotopic (exact) mass is 324 g/mol. The fourth-order valence-electron chi connectivity index (χ4n) is 3.03. The smallest absolute Gasteiger partial charge is 0.222 e. The second-order valence-electron chi connectivity index (χ2n) is 6.03. The normalized spacial score (nSPS) is 16.7. The second-order valence-corrected chi connectivity index (χ2v) is 6.03. The van der Waals surface area contributed by atoms with E-state index in [4.69, 9.17) is 15.5 Å². The molecule has 0 unspecified atom stereocenters. The van der Waals surface area contributed by atoms with Crippen molar-refractivity contribution in [1.82, 2.24) is 9.97 Å². The highest BCUT2D eigenvalue weighted by Crippen LogP contribution is 2.35. The summed E-state index contributed by atoms with van der Waals surface area (Å²) in [5.41, 5.74) is 9.83. The third-order valence-corrected chi connectivity index (χ3v) is 4.15. The van der Waals surface area contributed by atoms with Crippen molar-refractivity contribution in [2.75, 3.05) is 42.3 Å². The van der Waals surface area contributed by atoms with Gasteiger partial charge in [0, 0.05) is 18.8 Å². The molecule has 0 amide bonds. The van der Waals surface area contributed by atoms with Crippen LogP contribution in [-0.4, -0.2) is 42.1 Å². The molecular weight excluding hydrogens is 304 g/mol. The van der Waals surface area contributed by atoms with Crippen molar-refractivity contribution in [3.8, 4) is 0 Å². The van der Waals surface area contributed by atoms with Crippen molar-refractivity contribution in [2.24, 2.45) is 4.99 Å². The molecule has 0 saturated carbocycles. The number of nitrogens with two attached hydrogens (primary N) is 1. The number of nitrogens with zero attached hydrogens (tertiary/aromatic N) is 4. The number of nitrogens with one attached hydrogen (secondary N) is 1. The number of aromatic nitrogens is 2. The van der Waals surface area contributed by atoms with E-state index >= 15 is 0 Å². The van der Waals surface area contributed by atoms with Crippen LogP contribution >= 0.6 is 0 Å². The molecule has 3 heterocycles. The fraction of sp³-hybridized carbons (Fsp3) is 0.353. The van der Waals surface area contributed by atoms with E-state index in [-0.39, 0.29) is 0 Å². The van der Waals surface area contributed by atoms with Crippen LogP contribution in [0.3, 0.4) is 0 Å². The van der Waals surface area contributed by atoms with Gasteiger partial charge in [-0.15, -0.1) is 0 Å². The van der Waals surface area contributed by atoms with E-state index in [1.165, 1.54) is 5.56 Å². The largest absolute Gasteiger partial charge is 0.378 e. The molecule has 1 fully saturated rings. The third kappa shape index (κ3) is 2.90. The molecule has 0 bridgehead atoms. The zero-order valence-electron chi connectivity index (χ0n) is 13.6. The molecule has 0 aliphatic carbocycles. The lowest BCUT2D eigenvalue weighted by Gasteiger charge is -2.28. The summed E-state index contributed by atoms with van der Waals surface area (Å²) in [5, 5.41) is 3.38. The number of anilines is 3. The van der Waals surface area contributed by atoms with E-state index in [0.717, 1.165) is 41.8 Å². The summed E-state index contributed by atoms with van der Waals surface area (Å²) in [4.78, 5) is 15.7. The fourth-order valence-corrected chi connectivity index (χ4v) is 3.03. The lowest BCUT2D eigenvalue weighted by molar-refractivity contribution is 0.122. The predicted octanol–water partition coefficient (Wildman–Crippen LogP) is 1.90. The summed E-state index contributed by atoms with van der Waals surface area (Å²) in [6, 6.07) is 8.21. The topological polar surface area (TPSA) is 88.7 Å². The van der Waals surface area contributed by atoms with Crippen molar-refractivity contribution in [3.05, 3.63) is 35.5 Å². The Balaban J connectivity index is 1.63. The van der Waals surface area contributed by atoms with E-state index in [9.17, 15) is 0 Å². The standard InChI is InChI=1S/C17H20N6O/c1-11-3-2-4-12(9-11)19-14-10-13-15(21-14)16(22-17(18)20-13)23-5-7-24-8-6-23/h2-4,9H,5-8,10H2,1H3,(H,19,21)(H2,18,20,22). The molecule has 0 radical (unpaired) electrons. The maximum absolute atomic E-state index is 5.90. The highest BCUT2D eigenvalue weighted by atomic mass is 16.5. The highest BCUT2D eigenvalue weighted by molar-refractivity contribution is 6.03. The number of ether oxygens (including phenoxy) is 1. The molecule has 1 aromatic carbocycles. The molecule has 7 heteroatoms. The number of fused-ring (bicyclic) bond motifs is 1. The lowest BCUT2D eigenvalue weighted by atomic mass is 10.2. The van der Waals surface area contributed by atoms with Gasteiger partial charge in [-0.1, -0.05) is 12.1 Å². The molecule has 124 valence electrons. The number of nitrogen functional groups attached to an aromatic ring is 1. The van der Waals surface area contributed by atoms with Crippen molar-refractivity contribution in [1.29, 1.82) is 0 Å². The molecule has 7 nitrogen and oxygen atoms in total. The number of hydrogen-bond donors (Lipinski definition) is 2. The summed E-state index contributed by atoms with van der Waals surface area (Å²) in [6.45, 7) is 5.03. The van der Waals surface area contributed by atoms with Crippen LogP contribution in [-0.2, 0) is 11.2 Å². The maximum atomic E-state index is 5.90. The molecular formula is C17H20N6O. The Bertz CT molecular complexity index is 798. The number of morpholine rings is 1. The minimum atomic E-state index is 0.294. The van der Waals surface area contributed by atoms with Crippen molar-refractivity contribution in [2.45, 2.75) is 13.3 Å². The van der Waals surface area contributed by atoms with Crippen molar-refractivity contribution >= 4 is 29.0 Å². The average Bonchev–Trinajstić information content (AvgIpc) is 2.97. The lowest BCUT2D eigenvalue weighted by Crippen LogP contribution is -2.37. The number of rotatable bonds is 2. The molecule has 2 aromatic rings. The first-order valence-corrected chi connectivity index (χ1v) is 8.09. The second kappa shape index (κ2) is 6.09. The zero-order chi connectivity index (χ0) is 16.5. The van der Waals surface area contributed by atoms with Gasteiger partial charge in [0.05, 0.1) is 25.3 Å². The zero-order valence-corrected chi connectivity index (χ0v) is 13.6. The van der Waals surface area contributed by atoms with Crippen LogP contribution in [0.4, 0.5) is 23.1 Å². The van der Waals surface area contributed by atoms with Crippen molar-refractivity contribution < 1.29 is 4.74 Å². The Morgan fingerprint density at radius 2 is 2.04 bits per heavy atom. The van der Waals surface area contributed by atoms with Crippen LogP contribution in [0.2, 0.25) is 0 Å². The maximum Gasteiger partial charge on any atom is 0.222 e. The number of aliphatic imine (C=N–C) groups is 1. The molecule has 2 aliphatic heterocycles. The first-order chi connectivity index (χ1) is 11.7. The molecule has 0 atom stereocenters. The number of amidine groups is 1. The summed E-state index contributed by atoms with van der Waals surface area (Å²) in [5.74, 6) is 1.97. The van der Waals surface area contributed by atoms with E-state index < -0.39 is 0 Å². The van der Waals surface area contributed by atoms with Crippen molar-refractivity contribution in [3.63, 3.8) is 0 Å². The highest BCUT2D eigenvalue weighted by Gasteiger charge is 2.25. The van der Waals surface area contributed by atoms with Crippen LogP contribution in [0.5, 0.6) is 0 Å². The van der Waals surface area contributed by atoms with Gasteiger partial charge in [-0.25, -0.2) is 9.98 Å². The van der Waals surface area contributed by atoms with Gasteiger partial charge in [0.1, 0.15) is 11.5 Å². The summed E-state index contributed by atoms with van der Waals surface area (Å²) in [6.07, 6.45) is 0.632. The number of aryl methyl sites for hydroxylation is 1.